The van der Waals surface area contributed by atoms with Crippen molar-refractivity contribution >= 4 is 33.9 Å². The number of aryl methyl sites for hydroxylation is 1. The average Bonchev–Trinajstić information content (AvgIpc) is 2.96. The molecule has 0 spiro atoms. The number of fused-ring (bicyclic) bond motifs is 1. The molecule has 0 amide bonds. The first-order chi connectivity index (χ1) is 8.98. The second-order valence-corrected chi connectivity index (χ2v) is 6.45. The Bertz CT molecular complexity index is 740. The highest BCUT2D eigenvalue weighted by Crippen LogP contribution is 2.38. The molecule has 0 saturated carbocycles. The van der Waals surface area contributed by atoms with Gasteiger partial charge < -0.3 is 9.52 Å². The lowest BCUT2D eigenvalue weighted by atomic mass is 10.0. The third-order valence-corrected chi connectivity index (χ3v) is 4.71. The van der Waals surface area contributed by atoms with Gasteiger partial charge in [0.1, 0.15) is 5.76 Å². The van der Waals surface area contributed by atoms with E-state index in [4.69, 9.17) is 16.0 Å². The van der Waals surface area contributed by atoms with Crippen molar-refractivity contribution in [2.24, 2.45) is 0 Å². The van der Waals surface area contributed by atoms with Crippen LogP contribution in [0.1, 0.15) is 22.4 Å². The minimum absolute atomic E-state index is 0.512. The fourth-order valence-corrected chi connectivity index (χ4v) is 3.22. The van der Waals surface area contributed by atoms with Crippen LogP contribution in [0.5, 0.6) is 0 Å². The van der Waals surface area contributed by atoms with E-state index in [1.54, 1.807) is 24.3 Å². The summed E-state index contributed by atoms with van der Waals surface area (Å²) >= 11 is 7.66. The van der Waals surface area contributed by atoms with E-state index >= 15 is 0 Å². The summed E-state index contributed by atoms with van der Waals surface area (Å²) in [7, 11) is 0. The standard InChI is InChI=1S/C15H13ClO2S/c1-9-6-7-13(19-9)15(2,17)12-8-10-4-3-5-11(16)14(10)18-12/h3-8,17H,1-2H3. The topological polar surface area (TPSA) is 33.4 Å². The van der Waals surface area contributed by atoms with Crippen molar-refractivity contribution in [1.29, 1.82) is 0 Å². The average molecular weight is 293 g/mol. The molecule has 0 fully saturated rings. The van der Waals surface area contributed by atoms with Gasteiger partial charge in [0.25, 0.3) is 0 Å². The number of furan rings is 1. The molecule has 1 atom stereocenters. The molecule has 0 aliphatic rings. The van der Waals surface area contributed by atoms with Gasteiger partial charge in [-0.05, 0) is 38.1 Å². The molecule has 2 nitrogen and oxygen atoms in total. The molecule has 3 aromatic rings. The highest BCUT2D eigenvalue weighted by molar-refractivity contribution is 7.12. The zero-order chi connectivity index (χ0) is 13.6. The summed E-state index contributed by atoms with van der Waals surface area (Å²) < 4.78 is 5.75. The number of hydrogen-bond donors (Lipinski definition) is 1. The first kappa shape index (κ1) is 12.7. The largest absolute Gasteiger partial charge is 0.456 e. The number of para-hydroxylation sites is 1. The predicted molar refractivity (Wildman–Crippen MR) is 79.0 cm³/mol. The highest BCUT2D eigenvalue weighted by atomic mass is 35.5. The Morgan fingerprint density at radius 3 is 2.68 bits per heavy atom. The zero-order valence-electron chi connectivity index (χ0n) is 10.6. The Morgan fingerprint density at radius 2 is 2.05 bits per heavy atom. The fourth-order valence-electron chi connectivity index (χ4n) is 2.08. The van der Waals surface area contributed by atoms with Gasteiger partial charge in [-0.3, -0.25) is 0 Å². The summed E-state index contributed by atoms with van der Waals surface area (Å²) in [6.07, 6.45) is 0. The highest BCUT2D eigenvalue weighted by Gasteiger charge is 2.31. The molecule has 0 aliphatic heterocycles. The Morgan fingerprint density at radius 1 is 1.26 bits per heavy atom. The molecule has 19 heavy (non-hydrogen) atoms. The zero-order valence-corrected chi connectivity index (χ0v) is 12.2. The minimum Gasteiger partial charge on any atom is -0.456 e. The molecule has 98 valence electrons. The molecular formula is C15H13ClO2S. The first-order valence-electron chi connectivity index (χ1n) is 5.96. The quantitative estimate of drug-likeness (QED) is 0.742. The number of aliphatic hydroxyl groups is 1. The number of hydrogen-bond acceptors (Lipinski definition) is 3. The van der Waals surface area contributed by atoms with E-state index in [2.05, 4.69) is 0 Å². The summed E-state index contributed by atoms with van der Waals surface area (Å²) in [4.78, 5) is 2.02. The van der Waals surface area contributed by atoms with Crippen molar-refractivity contribution in [3.8, 4) is 0 Å². The number of rotatable bonds is 2. The van der Waals surface area contributed by atoms with Crippen molar-refractivity contribution in [1.82, 2.24) is 0 Å². The lowest BCUT2D eigenvalue weighted by Gasteiger charge is -2.18. The summed E-state index contributed by atoms with van der Waals surface area (Å²) in [6.45, 7) is 3.75. The molecule has 2 heterocycles. The summed E-state index contributed by atoms with van der Waals surface area (Å²) in [5.74, 6) is 0.512. The van der Waals surface area contributed by atoms with Gasteiger partial charge in [0.05, 0.1) is 5.02 Å². The summed E-state index contributed by atoms with van der Waals surface area (Å²) in [5.41, 5.74) is -0.519. The van der Waals surface area contributed by atoms with E-state index in [0.717, 1.165) is 15.1 Å². The second-order valence-electron chi connectivity index (χ2n) is 4.75. The smallest absolute Gasteiger partial charge is 0.153 e. The Hall–Kier alpha value is -1.29. The van der Waals surface area contributed by atoms with Crippen LogP contribution < -0.4 is 0 Å². The van der Waals surface area contributed by atoms with E-state index in [1.807, 2.05) is 37.3 Å². The summed E-state index contributed by atoms with van der Waals surface area (Å²) in [6, 6.07) is 11.3. The lowest BCUT2D eigenvalue weighted by molar-refractivity contribution is 0.0824. The maximum Gasteiger partial charge on any atom is 0.153 e. The molecule has 2 aromatic heterocycles. The molecule has 0 bridgehead atoms. The Labute approximate surface area is 120 Å². The van der Waals surface area contributed by atoms with E-state index < -0.39 is 5.60 Å². The maximum atomic E-state index is 10.7. The molecule has 0 saturated heterocycles. The normalized spacial score (nSPS) is 14.7. The number of halogens is 1. The van der Waals surface area contributed by atoms with Gasteiger partial charge in [0, 0.05) is 15.1 Å². The minimum atomic E-state index is -1.14. The van der Waals surface area contributed by atoms with Crippen molar-refractivity contribution in [2.75, 3.05) is 0 Å². The third kappa shape index (κ3) is 2.08. The van der Waals surface area contributed by atoms with Gasteiger partial charge in [-0.25, -0.2) is 0 Å². The van der Waals surface area contributed by atoms with Gasteiger partial charge in [0.15, 0.2) is 11.2 Å². The van der Waals surface area contributed by atoms with Gasteiger partial charge in [-0.1, -0.05) is 23.7 Å². The van der Waals surface area contributed by atoms with Crippen LogP contribution >= 0.6 is 22.9 Å². The van der Waals surface area contributed by atoms with Crippen LogP contribution in [0.2, 0.25) is 5.02 Å². The molecule has 3 rings (SSSR count). The van der Waals surface area contributed by atoms with Crippen LogP contribution in [-0.2, 0) is 5.60 Å². The van der Waals surface area contributed by atoms with Crippen molar-refractivity contribution in [3.05, 3.63) is 56.9 Å². The monoisotopic (exact) mass is 292 g/mol. The van der Waals surface area contributed by atoms with Crippen LogP contribution in [0.3, 0.4) is 0 Å². The molecule has 0 aliphatic carbocycles. The van der Waals surface area contributed by atoms with E-state index in [1.165, 1.54) is 0 Å². The van der Waals surface area contributed by atoms with Crippen molar-refractivity contribution < 1.29 is 9.52 Å². The predicted octanol–water partition coefficient (Wildman–Crippen LogP) is 4.71. The SMILES string of the molecule is Cc1ccc(C(C)(O)c2cc3cccc(Cl)c3o2)s1. The van der Waals surface area contributed by atoms with Crippen LogP contribution in [0.4, 0.5) is 0 Å². The van der Waals surface area contributed by atoms with Gasteiger partial charge in [0.2, 0.25) is 0 Å². The molecule has 4 heteroatoms. The Balaban J connectivity index is 2.15. The van der Waals surface area contributed by atoms with E-state index in [-0.39, 0.29) is 0 Å². The van der Waals surface area contributed by atoms with E-state index in [0.29, 0.717) is 16.4 Å². The van der Waals surface area contributed by atoms with Gasteiger partial charge >= 0.3 is 0 Å². The van der Waals surface area contributed by atoms with E-state index in [9.17, 15) is 5.11 Å². The van der Waals surface area contributed by atoms with Crippen molar-refractivity contribution in [2.45, 2.75) is 19.4 Å². The first-order valence-corrected chi connectivity index (χ1v) is 7.16. The lowest BCUT2D eigenvalue weighted by Crippen LogP contribution is -2.20. The molecule has 0 radical (unpaired) electrons. The van der Waals surface area contributed by atoms with Crippen LogP contribution in [0, 0.1) is 6.92 Å². The molecule has 1 aromatic carbocycles. The number of thiophene rings is 1. The van der Waals surface area contributed by atoms with Gasteiger partial charge in [-0.15, -0.1) is 11.3 Å². The van der Waals surface area contributed by atoms with Crippen LogP contribution in [0.15, 0.2) is 40.8 Å². The molecular weight excluding hydrogens is 280 g/mol. The molecule has 1 N–H and O–H groups in total. The van der Waals surface area contributed by atoms with Crippen LogP contribution in [-0.4, -0.2) is 5.11 Å². The third-order valence-electron chi connectivity index (χ3n) is 3.20. The molecule has 1 unspecified atom stereocenters. The maximum absolute atomic E-state index is 10.7. The fraction of sp³-hybridized carbons (Fsp3) is 0.200. The van der Waals surface area contributed by atoms with Gasteiger partial charge in [-0.2, -0.15) is 0 Å². The number of benzene rings is 1. The Kier molecular flexibility index (Phi) is 2.93. The second kappa shape index (κ2) is 4.37. The van der Waals surface area contributed by atoms with Crippen LogP contribution in [0.25, 0.3) is 11.0 Å². The van der Waals surface area contributed by atoms with Crippen molar-refractivity contribution in [3.63, 3.8) is 0 Å². The summed E-state index contributed by atoms with van der Waals surface area (Å²) in [5, 5.41) is 12.2.